The van der Waals surface area contributed by atoms with Crippen LogP contribution in [0.2, 0.25) is 0 Å². The van der Waals surface area contributed by atoms with Crippen molar-refractivity contribution in [2.45, 2.75) is 0 Å². The molecule has 1 amide bonds. The number of hydrogen-bond acceptors (Lipinski definition) is 2. The molecule has 53 valence electrons. The topological polar surface area (TPSA) is 49.0 Å². The summed E-state index contributed by atoms with van der Waals surface area (Å²) < 4.78 is 0. The number of H-pyrrole nitrogens is 1. The zero-order valence-corrected chi connectivity index (χ0v) is 5.88. The Kier molecular flexibility index (Phi) is 1.71. The Morgan fingerprint density at radius 2 is 2.50 bits per heavy atom. The Morgan fingerprint density at radius 3 is 2.90 bits per heavy atom. The number of imidazole rings is 1. The van der Waals surface area contributed by atoms with Crippen molar-refractivity contribution in [1.29, 1.82) is 0 Å². The van der Waals surface area contributed by atoms with Crippen molar-refractivity contribution < 1.29 is 4.79 Å². The van der Waals surface area contributed by atoms with Crippen molar-refractivity contribution in [1.82, 2.24) is 14.9 Å². The van der Waals surface area contributed by atoms with Gasteiger partial charge in [-0.05, 0) is 0 Å². The van der Waals surface area contributed by atoms with Crippen molar-refractivity contribution in [2.24, 2.45) is 0 Å². The number of nitrogens with zero attached hydrogens (tertiary/aromatic N) is 2. The second-order valence-corrected chi connectivity index (χ2v) is 2.10. The molecule has 0 spiro atoms. The fourth-order valence-electron chi connectivity index (χ4n) is 0.564. The first-order chi connectivity index (χ1) is 4.72. The lowest BCUT2D eigenvalue weighted by molar-refractivity contribution is 0.0822. The van der Waals surface area contributed by atoms with Gasteiger partial charge in [-0.25, -0.2) is 4.98 Å². The molecule has 0 saturated carbocycles. The van der Waals surface area contributed by atoms with Crippen LogP contribution < -0.4 is 0 Å². The van der Waals surface area contributed by atoms with Crippen LogP contribution in [0.4, 0.5) is 0 Å². The van der Waals surface area contributed by atoms with Crippen molar-refractivity contribution in [3.05, 3.63) is 18.2 Å². The Hall–Kier alpha value is -1.32. The number of nitrogens with one attached hydrogen (secondary N) is 1. The molecular formula is C6H8N3O. The highest BCUT2D eigenvalue weighted by Crippen LogP contribution is 1.93. The molecule has 0 aliphatic rings. The smallest absolute Gasteiger partial charge is 0.273 e. The monoisotopic (exact) mass is 138 g/mol. The standard InChI is InChI=1S/C6H8N3O/c1-9(2)6(10)5-3-7-4-8-5/h3H,1-2H3,(H,7,8). The first-order valence-electron chi connectivity index (χ1n) is 2.85. The van der Waals surface area contributed by atoms with Gasteiger partial charge in [0.25, 0.3) is 5.91 Å². The van der Waals surface area contributed by atoms with E-state index in [9.17, 15) is 4.79 Å². The number of aromatic nitrogens is 2. The molecule has 1 aromatic heterocycles. The molecule has 1 rings (SSSR count). The van der Waals surface area contributed by atoms with Crippen molar-refractivity contribution in [3.63, 3.8) is 0 Å². The summed E-state index contributed by atoms with van der Waals surface area (Å²) in [6, 6.07) is 0. The van der Waals surface area contributed by atoms with Crippen molar-refractivity contribution in [2.75, 3.05) is 14.1 Å². The summed E-state index contributed by atoms with van der Waals surface area (Å²) in [6.45, 7) is 0. The highest BCUT2D eigenvalue weighted by atomic mass is 16.2. The van der Waals surface area contributed by atoms with Crippen LogP contribution in [0.15, 0.2) is 6.20 Å². The molecular weight excluding hydrogens is 130 g/mol. The number of hydrogen-bond donors (Lipinski definition) is 1. The van der Waals surface area contributed by atoms with Crippen molar-refractivity contribution in [3.8, 4) is 0 Å². The third kappa shape index (κ3) is 1.15. The normalized spacial score (nSPS) is 9.40. The van der Waals surface area contributed by atoms with Gasteiger partial charge >= 0.3 is 0 Å². The maximum Gasteiger partial charge on any atom is 0.273 e. The molecule has 1 N–H and O–H groups in total. The van der Waals surface area contributed by atoms with Gasteiger partial charge < -0.3 is 9.88 Å². The van der Waals surface area contributed by atoms with E-state index in [1.54, 1.807) is 14.1 Å². The highest BCUT2D eigenvalue weighted by molar-refractivity contribution is 5.91. The lowest BCUT2D eigenvalue weighted by Crippen LogP contribution is -2.21. The average molecular weight is 138 g/mol. The molecule has 0 aliphatic carbocycles. The van der Waals surface area contributed by atoms with Crippen LogP contribution >= 0.6 is 0 Å². The van der Waals surface area contributed by atoms with E-state index in [1.807, 2.05) is 0 Å². The van der Waals surface area contributed by atoms with Gasteiger partial charge in [-0.3, -0.25) is 4.79 Å². The molecule has 0 bridgehead atoms. The fourth-order valence-corrected chi connectivity index (χ4v) is 0.564. The number of carbonyl (C=O) groups is 1. The van der Waals surface area contributed by atoms with Gasteiger partial charge in [0.1, 0.15) is 5.69 Å². The van der Waals surface area contributed by atoms with Gasteiger partial charge in [0.2, 0.25) is 0 Å². The van der Waals surface area contributed by atoms with Crippen LogP contribution in [0, 0.1) is 6.33 Å². The molecule has 1 aromatic rings. The second-order valence-electron chi connectivity index (χ2n) is 2.10. The Balaban J connectivity index is 2.78. The summed E-state index contributed by atoms with van der Waals surface area (Å²) in [4.78, 5) is 18.7. The highest BCUT2D eigenvalue weighted by Gasteiger charge is 2.08. The number of carbonyl (C=O) groups excluding carboxylic acids is 1. The first kappa shape index (κ1) is 6.80. The van der Waals surface area contributed by atoms with Gasteiger partial charge in [0.05, 0.1) is 0 Å². The van der Waals surface area contributed by atoms with E-state index in [2.05, 4.69) is 16.3 Å². The molecule has 0 unspecified atom stereocenters. The Labute approximate surface area is 58.9 Å². The largest absolute Gasteiger partial charge is 0.343 e. The zero-order chi connectivity index (χ0) is 7.56. The van der Waals surface area contributed by atoms with E-state index in [1.165, 1.54) is 11.1 Å². The van der Waals surface area contributed by atoms with E-state index in [0.717, 1.165) is 0 Å². The average Bonchev–Trinajstić information content (AvgIpc) is 2.36. The van der Waals surface area contributed by atoms with Crippen LogP contribution in [-0.2, 0) is 0 Å². The van der Waals surface area contributed by atoms with Gasteiger partial charge in [0.15, 0.2) is 6.33 Å². The summed E-state index contributed by atoms with van der Waals surface area (Å²) in [7, 11) is 3.36. The number of amides is 1. The van der Waals surface area contributed by atoms with E-state index < -0.39 is 0 Å². The molecule has 1 heterocycles. The summed E-state index contributed by atoms with van der Waals surface area (Å²) in [6.07, 6.45) is 3.96. The summed E-state index contributed by atoms with van der Waals surface area (Å²) in [5.74, 6) is -0.113. The fraction of sp³-hybridized carbons (Fsp3) is 0.333. The molecule has 0 atom stereocenters. The molecule has 4 nitrogen and oxygen atoms in total. The van der Waals surface area contributed by atoms with Crippen LogP contribution in [0.5, 0.6) is 0 Å². The summed E-state index contributed by atoms with van der Waals surface area (Å²) in [5.41, 5.74) is 0.394. The van der Waals surface area contributed by atoms with E-state index in [-0.39, 0.29) is 5.91 Å². The molecule has 0 fully saturated rings. The third-order valence-electron chi connectivity index (χ3n) is 1.08. The quantitative estimate of drug-likeness (QED) is 0.589. The van der Waals surface area contributed by atoms with Gasteiger partial charge in [-0.15, -0.1) is 0 Å². The molecule has 0 saturated heterocycles. The van der Waals surface area contributed by atoms with Gasteiger partial charge in [-0.1, -0.05) is 0 Å². The van der Waals surface area contributed by atoms with Crippen molar-refractivity contribution >= 4 is 5.91 Å². The molecule has 0 aromatic carbocycles. The van der Waals surface area contributed by atoms with Crippen LogP contribution in [0.1, 0.15) is 10.5 Å². The number of rotatable bonds is 1. The van der Waals surface area contributed by atoms with E-state index >= 15 is 0 Å². The van der Waals surface area contributed by atoms with Crippen LogP contribution in [-0.4, -0.2) is 34.9 Å². The molecule has 4 heteroatoms. The van der Waals surface area contributed by atoms with E-state index in [0.29, 0.717) is 5.69 Å². The van der Waals surface area contributed by atoms with E-state index in [4.69, 9.17) is 0 Å². The Bertz CT molecular complexity index is 215. The van der Waals surface area contributed by atoms with Gasteiger partial charge in [0, 0.05) is 20.3 Å². The maximum absolute atomic E-state index is 11.0. The predicted octanol–water partition coefficient (Wildman–Crippen LogP) is -0.0883. The lowest BCUT2D eigenvalue weighted by Gasteiger charge is -2.05. The molecule has 1 radical (unpaired) electrons. The second kappa shape index (κ2) is 2.51. The van der Waals surface area contributed by atoms with Gasteiger partial charge in [-0.2, -0.15) is 0 Å². The minimum Gasteiger partial charge on any atom is -0.343 e. The minimum atomic E-state index is -0.113. The number of aromatic amines is 1. The summed E-state index contributed by atoms with van der Waals surface area (Å²) in [5, 5.41) is 0. The van der Waals surface area contributed by atoms with Crippen LogP contribution in [0.3, 0.4) is 0 Å². The Morgan fingerprint density at radius 1 is 1.80 bits per heavy atom. The third-order valence-corrected chi connectivity index (χ3v) is 1.08. The molecule has 0 aliphatic heterocycles. The minimum absolute atomic E-state index is 0.113. The molecule has 10 heavy (non-hydrogen) atoms. The SMILES string of the molecule is CN(C)C(=O)c1c[nH][c]n1. The van der Waals surface area contributed by atoms with Crippen LogP contribution in [0.25, 0.3) is 0 Å². The predicted molar refractivity (Wildman–Crippen MR) is 35.4 cm³/mol. The summed E-state index contributed by atoms with van der Waals surface area (Å²) >= 11 is 0. The zero-order valence-electron chi connectivity index (χ0n) is 5.88. The maximum atomic E-state index is 11.0. The first-order valence-corrected chi connectivity index (χ1v) is 2.85. The lowest BCUT2D eigenvalue weighted by atomic mass is 10.4.